The number of ether oxygens (including phenoxy) is 1. The number of amides is 1. The van der Waals surface area contributed by atoms with E-state index in [1.54, 1.807) is 11.3 Å². The van der Waals surface area contributed by atoms with Gasteiger partial charge in [0.05, 0.1) is 17.8 Å². The zero-order chi connectivity index (χ0) is 21.8. The first-order valence-corrected chi connectivity index (χ1v) is 11.5. The minimum atomic E-state index is -0.701. The monoisotopic (exact) mass is 440 g/mol. The van der Waals surface area contributed by atoms with Gasteiger partial charge in [-0.3, -0.25) is 9.69 Å². The normalized spacial score (nSPS) is 16.3. The number of likely N-dealkylation sites (tertiary alicyclic amines) is 1. The van der Waals surface area contributed by atoms with Crippen molar-refractivity contribution in [2.75, 3.05) is 20.2 Å². The lowest BCUT2D eigenvalue weighted by Gasteiger charge is -2.31. The van der Waals surface area contributed by atoms with Gasteiger partial charge in [-0.1, -0.05) is 18.2 Å². The molecule has 1 aliphatic rings. The molecule has 0 radical (unpaired) electrons. The van der Waals surface area contributed by atoms with Crippen LogP contribution in [0, 0.1) is 12.8 Å². The number of piperidine rings is 1. The van der Waals surface area contributed by atoms with E-state index in [1.165, 1.54) is 7.11 Å². The molecule has 1 aromatic carbocycles. The van der Waals surface area contributed by atoms with Gasteiger partial charge in [-0.05, 0) is 44.5 Å². The quantitative estimate of drug-likeness (QED) is 0.552. The number of methoxy groups -OCH3 is 1. The Hall–Kier alpha value is -2.71. The smallest absolute Gasteiger partial charge is 0.328 e. The molecule has 1 aliphatic heterocycles. The summed E-state index contributed by atoms with van der Waals surface area (Å²) in [5.41, 5.74) is 3.09. The Balaban J connectivity index is 1.35. The van der Waals surface area contributed by atoms with Crippen molar-refractivity contribution in [3.8, 4) is 0 Å². The molecule has 1 fully saturated rings. The van der Waals surface area contributed by atoms with Crippen molar-refractivity contribution in [1.82, 2.24) is 20.2 Å². The van der Waals surface area contributed by atoms with Gasteiger partial charge in [0.2, 0.25) is 5.91 Å². The van der Waals surface area contributed by atoms with Crippen molar-refractivity contribution < 1.29 is 14.3 Å². The van der Waals surface area contributed by atoms with Crippen molar-refractivity contribution in [3.05, 3.63) is 52.1 Å². The van der Waals surface area contributed by atoms with E-state index < -0.39 is 12.0 Å². The molecule has 3 heterocycles. The zero-order valence-electron chi connectivity index (χ0n) is 17.9. The highest BCUT2D eigenvalue weighted by molar-refractivity contribution is 7.09. The van der Waals surface area contributed by atoms with Crippen LogP contribution >= 0.6 is 11.3 Å². The van der Waals surface area contributed by atoms with E-state index in [0.717, 1.165) is 59.6 Å². The number of rotatable bonds is 7. The lowest BCUT2D eigenvalue weighted by atomic mass is 9.95. The van der Waals surface area contributed by atoms with Crippen molar-refractivity contribution in [1.29, 1.82) is 0 Å². The molecule has 0 bridgehead atoms. The van der Waals surface area contributed by atoms with Crippen LogP contribution < -0.4 is 5.32 Å². The fourth-order valence-corrected chi connectivity index (χ4v) is 4.81. The van der Waals surface area contributed by atoms with E-state index in [4.69, 9.17) is 4.74 Å². The summed E-state index contributed by atoms with van der Waals surface area (Å²) in [6.45, 7) is 4.53. The maximum Gasteiger partial charge on any atom is 0.328 e. The molecule has 3 aromatic rings. The minimum absolute atomic E-state index is 0.0700. The van der Waals surface area contributed by atoms with E-state index in [2.05, 4.69) is 25.6 Å². The molecule has 8 heteroatoms. The molecule has 31 heavy (non-hydrogen) atoms. The fraction of sp³-hybridized carbons (Fsp3) is 0.435. The molecule has 1 saturated heterocycles. The summed E-state index contributed by atoms with van der Waals surface area (Å²) in [4.78, 5) is 35.4. The second kappa shape index (κ2) is 9.62. The van der Waals surface area contributed by atoms with E-state index in [1.807, 2.05) is 37.4 Å². The van der Waals surface area contributed by atoms with E-state index >= 15 is 0 Å². The number of nitrogens with zero attached hydrogens (tertiary/aromatic N) is 2. The van der Waals surface area contributed by atoms with Crippen LogP contribution in [0.3, 0.4) is 0 Å². The van der Waals surface area contributed by atoms with Crippen LogP contribution in [-0.2, 0) is 27.3 Å². The lowest BCUT2D eigenvalue weighted by molar-refractivity contribution is -0.145. The third-order valence-corrected chi connectivity index (χ3v) is 6.73. The van der Waals surface area contributed by atoms with Crippen LogP contribution in [0.25, 0.3) is 10.9 Å². The first-order chi connectivity index (χ1) is 15.0. The number of esters is 1. The average Bonchev–Trinajstić information content (AvgIpc) is 3.39. The van der Waals surface area contributed by atoms with Crippen LogP contribution in [0.5, 0.6) is 0 Å². The van der Waals surface area contributed by atoms with Gasteiger partial charge in [0, 0.05) is 41.4 Å². The predicted octanol–water partition coefficient (Wildman–Crippen LogP) is 3.05. The number of H-pyrrole nitrogens is 1. The molecular weight excluding hydrogens is 412 g/mol. The summed E-state index contributed by atoms with van der Waals surface area (Å²) >= 11 is 1.66. The highest BCUT2D eigenvalue weighted by Crippen LogP contribution is 2.22. The number of aromatic nitrogens is 2. The standard InChI is InChI=1S/C23H28N4O3S/c1-15-25-18(14-31-15)13-27-9-7-16(8-10-27)22(28)26-21(23(29)30-2)11-17-12-24-20-6-4-3-5-19(17)20/h3-6,12,14,16,21,24H,7-11,13H2,1-2H3,(H,26,28)/t21-/m1/s1. The van der Waals surface area contributed by atoms with Gasteiger partial charge in [0.25, 0.3) is 0 Å². The van der Waals surface area contributed by atoms with Gasteiger partial charge in [0.15, 0.2) is 0 Å². The van der Waals surface area contributed by atoms with Crippen LogP contribution in [0.1, 0.15) is 29.1 Å². The molecule has 0 saturated carbocycles. The van der Waals surface area contributed by atoms with Crippen LogP contribution in [0.15, 0.2) is 35.8 Å². The summed E-state index contributed by atoms with van der Waals surface area (Å²) in [6, 6.07) is 7.23. The second-order valence-electron chi connectivity index (χ2n) is 8.06. The third-order valence-electron chi connectivity index (χ3n) is 5.91. The van der Waals surface area contributed by atoms with Crippen LogP contribution in [0.4, 0.5) is 0 Å². The minimum Gasteiger partial charge on any atom is -0.467 e. The number of aromatic amines is 1. The van der Waals surface area contributed by atoms with Gasteiger partial charge in [-0.15, -0.1) is 11.3 Å². The number of benzene rings is 1. The second-order valence-corrected chi connectivity index (χ2v) is 9.12. The number of carbonyl (C=O) groups excluding carboxylic acids is 2. The molecule has 1 amide bonds. The molecule has 0 aliphatic carbocycles. The van der Waals surface area contributed by atoms with Gasteiger partial charge in [-0.2, -0.15) is 0 Å². The molecule has 2 aromatic heterocycles. The Morgan fingerprint density at radius 3 is 2.81 bits per heavy atom. The Labute approximate surface area is 185 Å². The number of nitrogens with one attached hydrogen (secondary N) is 2. The van der Waals surface area contributed by atoms with Crippen LogP contribution in [0.2, 0.25) is 0 Å². The largest absolute Gasteiger partial charge is 0.467 e. The Morgan fingerprint density at radius 1 is 1.32 bits per heavy atom. The van der Waals surface area contributed by atoms with Crippen molar-refractivity contribution >= 4 is 34.1 Å². The van der Waals surface area contributed by atoms with E-state index in [0.29, 0.717) is 6.42 Å². The van der Waals surface area contributed by atoms with Gasteiger partial charge >= 0.3 is 5.97 Å². The summed E-state index contributed by atoms with van der Waals surface area (Å²) in [7, 11) is 1.36. The van der Waals surface area contributed by atoms with Crippen molar-refractivity contribution in [2.45, 2.75) is 38.8 Å². The number of aryl methyl sites for hydroxylation is 1. The van der Waals surface area contributed by atoms with Gasteiger partial charge in [0.1, 0.15) is 6.04 Å². The molecular formula is C23H28N4O3S. The maximum atomic E-state index is 12.9. The highest BCUT2D eigenvalue weighted by atomic mass is 32.1. The molecule has 0 spiro atoms. The van der Waals surface area contributed by atoms with Crippen LogP contribution in [-0.4, -0.2) is 53.0 Å². The van der Waals surface area contributed by atoms with Crippen molar-refractivity contribution in [3.63, 3.8) is 0 Å². The molecule has 164 valence electrons. The molecule has 0 unspecified atom stereocenters. The summed E-state index contributed by atoms with van der Waals surface area (Å²) < 4.78 is 4.97. The van der Waals surface area contributed by atoms with E-state index in [-0.39, 0.29) is 11.8 Å². The number of hydrogen-bond acceptors (Lipinski definition) is 6. The number of carbonyl (C=O) groups is 2. The zero-order valence-corrected chi connectivity index (χ0v) is 18.7. The average molecular weight is 441 g/mol. The molecule has 7 nitrogen and oxygen atoms in total. The number of thiazole rings is 1. The maximum absolute atomic E-state index is 12.9. The first kappa shape index (κ1) is 21.5. The molecule has 2 N–H and O–H groups in total. The number of hydrogen-bond donors (Lipinski definition) is 2. The number of fused-ring (bicyclic) bond motifs is 1. The lowest BCUT2D eigenvalue weighted by Crippen LogP contribution is -2.47. The molecule has 4 rings (SSSR count). The fourth-order valence-electron chi connectivity index (χ4n) is 4.21. The third kappa shape index (κ3) is 5.14. The Morgan fingerprint density at radius 2 is 2.10 bits per heavy atom. The summed E-state index contributed by atoms with van der Waals surface area (Å²) in [5, 5.41) is 7.18. The number of para-hydroxylation sites is 1. The van der Waals surface area contributed by atoms with Crippen molar-refractivity contribution in [2.24, 2.45) is 5.92 Å². The van der Waals surface area contributed by atoms with Gasteiger partial charge < -0.3 is 15.0 Å². The summed E-state index contributed by atoms with van der Waals surface area (Å²) in [5.74, 6) is -0.585. The first-order valence-electron chi connectivity index (χ1n) is 10.6. The predicted molar refractivity (Wildman–Crippen MR) is 121 cm³/mol. The molecule has 1 atom stereocenters. The SMILES string of the molecule is COC(=O)[C@@H](Cc1c[nH]c2ccccc12)NC(=O)C1CCN(Cc2csc(C)n2)CC1. The summed E-state index contributed by atoms with van der Waals surface area (Å²) in [6.07, 6.45) is 3.84. The highest BCUT2D eigenvalue weighted by Gasteiger charge is 2.30. The van der Waals surface area contributed by atoms with E-state index in [9.17, 15) is 9.59 Å². The Bertz CT molecular complexity index is 1050. The van der Waals surface area contributed by atoms with Gasteiger partial charge in [-0.25, -0.2) is 9.78 Å². The Kier molecular flexibility index (Phi) is 6.67. The topological polar surface area (TPSA) is 87.3 Å².